The molecule has 0 aromatic heterocycles. The van der Waals surface area contributed by atoms with Crippen molar-refractivity contribution >= 4 is 11.6 Å². The standard InChI is InChI=1S/C15H23N3O3/c16-13-3-1-4-14(11-13)21-12-15(19)17-5-2-6-18-7-9-20-10-8-18/h1,3-4,11H,2,5-10,12,16H2,(H,17,19). The van der Waals surface area contributed by atoms with Gasteiger partial charge in [-0.25, -0.2) is 0 Å². The largest absolute Gasteiger partial charge is 0.484 e. The molecular weight excluding hydrogens is 270 g/mol. The molecule has 1 saturated heterocycles. The maximum Gasteiger partial charge on any atom is 0.257 e. The number of hydrogen-bond donors (Lipinski definition) is 2. The van der Waals surface area contributed by atoms with E-state index < -0.39 is 0 Å². The molecule has 0 unspecified atom stereocenters. The number of carbonyl (C=O) groups is 1. The van der Waals surface area contributed by atoms with Gasteiger partial charge in [-0.15, -0.1) is 0 Å². The molecule has 3 N–H and O–H groups in total. The Hall–Kier alpha value is -1.79. The van der Waals surface area contributed by atoms with Crippen molar-refractivity contribution in [3.8, 4) is 5.75 Å². The number of amides is 1. The molecule has 0 aliphatic carbocycles. The lowest BCUT2D eigenvalue weighted by Crippen LogP contribution is -2.38. The molecule has 1 aromatic rings. The van der Waals surface area contributed by atoms with E-state index in [1.807, 2.05) is 0 Å². The molecule has 116 valence electrons. The molecule has 1 amide bonds. The fraction of sp³-hybridized carbons (Fsp3) is 0.533. The van der Waals surface area contributed by atoms with Crippen molar-refractivity contribution in [1.82, 2.24) is 10.2 Å². The number of rotatable bonds is 7. The summed E-state index contributed by atoms with van der Waals surface area (Å²) in [4.78, 5) is 14.0. The molecule has 1 aliphatic heterocycles. The second-order valence-corrected chi connectivity index (χ2v) is 5.02. The number of nitrogens with one attached hydrogen (secondary N) is 1. The highest BCUT2D eigenvalue weighted by molar-refractivity contribution is 5.77. The first-order chi connectivity index (χ1) is 10.2. The topological polar surface area (TPSA) is 76.8 Å². The molecule has 1 fully saturated rings. The summed E-state index contributed by atoms with van der Waals surface area (Å²) in [6.07, 6.45) is 0.935. The normalized spacial score (nSPS) is 15.6. The third-order valence-corrected chi connectivity index (χ3v) is 3.31. The van der Waals surface area contributed by atoms with Gasteiger partial charge in [-0.3, -0.25) is 9.69 Å². The van der Waals surface area contributed by atoms with Gasteiger partial charge < -0.3 is 20.5 Å². The summed E-state index contributed by atoms with van der Waals surface area (Å²) in [6, 6.07) is 7.05. The molecule has 6 nitrogen and oxygen atoms in total. The van der Waals surface area contributed by atoms with Crippen LogP contribution in [0, 0.1) is 0 Å². The number of anilines is 1. The van der Waals surface area contributed by atoms with Crippen LogP contribution in [0.4, 0.5) is 5.69 Å². The minimum atomic E-state index is -0.112. The summed E-state index contributed by atoms with van der Waals surface area (Å²) in [5.74, 6) is 0.498. The molecule has 21 heavy (non-hydrogen) atoms. The van der Waals surface area contributed by atoms with Gasteiger partial charge in [0.2, 0.25) is 0 Å². The maximum absolute atomic E-state index is 11.7. The van der Waals surface area contributed by atoms with E-state index in [2.05, 4.69) is 10.2 Å². The van der Waals surface area contributed by atoms with Crippen LogP contribution in [0.1, 0.15) is 6.42 Å². The number of ether oxygens (including phenoxy) is 2. The fourth-order valence-electron chi connectivity index (χ4n) is 2.16. The average Bonchev–Trinajstić information content (AvgIpc) is 2.51. The lowest BCUT2D eigenvalue weighted by Gasteiger charge is -2.26. The van der Waals surface area contributed by atoms with Crippen LogP contribution in [-0.4, -0.2) is 56.8 Å². The Labute approximate surface area is 125 Å². The molecule has 1 aliphatic rings. The summed E-state index contributed by atoms with van der Waals surface area (Å²) in [7, 11) is 0. The summed E-state index contributed by atoms with van der Waals surface area (Å²) in [5.41, 5.74) is 6.26. The Balaban J connectivity index is 1.55. The van der Waals surface area contributed by atoms with E-state index in [4.69, 9.17) is 15.2 Å². The lowest BCUT2D eigenvalue weighted by atomic mass is 10.3. The van der Waals surface area contributed by atoms with Gasteiger partial charge in [0.15, 0.2) is 6.61 Å². The molecule has 6 heteroatoms. The van der Waals surface area contributed by atoms with Gasteiger partial charge in [0.05, 0.1) is 13.2 Å². The first-order valence-corrected chi connectivity index (χ1v) is 7.29. The van der Waals surface area contributed by atoms with Crippen LogP contribution in [-0.2, 0) is 9.53 Å². The van der Waals surface area contributed by atoms with Gasteiger partial charge in [0.1, 0.15) is 5.75 Å². The highest BCUT2D eigenvalue weighted by Crippen LogP contribution is 2.13. The molecule has 2 rings (SSSR count). The van der Waals surface area contributed by atoms with Crippen molar-refractivity contribution in [2.24, 2.45) is 0 Å². The molecule has 0 bridgehead atoms. The van der Waals surface area contributed by atoms with Crippen LogP contribution in [0.25, 0.3) is 0 Å². The third-order valence-electron chi connectivity index (χ3n) is 3.31. The quantitative estimate of drug-likeness (QED) is 0.565. The molecule has 1 aromatic carbocycles. The van der Waals surface area contributed by atoms with E-state index >= 15 is 0 Å². The minimum Gasteiger partial charge on any atom is -0.484 e. The van der Waals surface area contributed by atoms with Crippen molar-refractivity contribution in [1.29, 1.82) is 0 Å². The molecule has 1 heterocycles. The van der Waals surface area contributed by atoms with Crippen molar-refractivity contribution in [3.63, 3.8) is 0 Å². The van der Waals surface area contributed by atoms with E-state index in [0.717, 1.165) is 39.3 Å². The van der Waals surface area contributed by atoms with E-state index in [1.165, 1.54) is 0 Å². The smallest absolute Gasteiger partial charge is 0.257 e. The first kappa shape index (κ1) is 15.6. The zero-order valence-corrected chi connectivity index (χ0v) is 12.2. The second-order valence-electron chi connectivity index (χ2n) is 5.02. The SMILES string of the molecule is Nc1cccc(OCC(=O)NCCCN2CCOCC2)c1. The number of nitrogen functional groups attached to an aromatic ring is 1. The van der Waals surface area contributed by atoms with Crippen LogP contribution < -0.4 is 15.8 Å². The third kappa shape index (κ3) is 6.01. The van der Waals surface area contributed by atoms with Crippen LogP contribution >= 0.6 is 0 Å². The Morgan fingerprint density at radius 3 is 2.95 bits per heavy atom. The minimum absolute atomic E-state index is 0.0149. The monoisotopic (exact) mass is 293 g/mol. The first-order valence-electron chi connectivity index (χ1n) is 7.29. The van der Waals surface area contributed by atoms with E-state index in [1.54, 1.807) is 24.3 Å². The molecular formula is C15H23N3O3. The molecule has 0 spiro atoms. The van der Waals surface area contributed by atoms with Gasteiger partial charge in [-0.1, -0.05) is 6.07 Å². The number of carbonyl (C=O) groups excluding carboxylic acids is 1. The summed E-state index contributed by atoms with van der Waals surface area (Å²) >= 11 is 0. The van der Waals surface area contributed by atoms with Gasteiger partial charge in [0.25, 0.3) is 5.91 Å². The van der Waals surface area contributed by atoms with Gasteiger partial charge in [-0.05, 0) is 25.1 Å². The molecule has 0 saturated carbocycles. The molecule has 0 atom stereocenters. The Morgan fingerprint density at radius 2 is 2.19 bits per heavy atom. The predicted molar refractivity (Wildman–Crippen MR) is 81.2 cm³/mol. The van der Waals surface area contributed by atoms with Crippen molar-refractivity contribution < 1.29 is 14.3 Å². The lowest BCUT2D eigenvalue weighted by molar-refractivity contribution is -0.123. The van der Waals surface area contributed by atoms with E-state index in [9.17, 15) is 4.79 Å². The summed E-state index contributed by atoms with van der Waals surface area (Å²) in [6.45, 7) is 5.23. The number of nitrogens with two attached hydrogens (primary N) is 1. The van der Waals surface area contributed by atoms with Gasteiger partial charge in [-0.2, -0.15) is 0 Å². The Bertz CT molecular complexity index is 448. The highest BCUT2D eigenvalue weighted by atomic mass is 16.5. The maximum atomic E-state index is 11.7. The van der Waals surface area contributed by atoms with Crippen LogP contribution in [0.2, 0.25) is 0 Å². The van der Waals surface area contributed by atoms with Crippen molar-refractivity contribution in [3.05, 3.63) is 24.3 Å². The Kier molecular flexibility index (Phi) is 6.30. The summed E-state index contributed by atoms with van der Waals surface area (Å²) in [5, 5.41) is 2.85. The van der Waals surface area contributed by atoms with Crippen molar-refractivity contribution in [2.75, 3.05) is 51.7 Å². The van der Waals surface area contributed by atoms with Gasteiger partial charge in [0, 0.05) is 31.4 Å². The highest BCUT2D eigenvalue weighted by Gasteiger charge is 2.09. The van der Waals surface area contributed by atoms with E-state index in [-0.39, 0.29) is 12.5 Å². The average molecular weight is 293 g/mol. The van der Waals surface area contributed by atoms with Crippen LogP contribution in [0.5, 0.6) is 5.75 Å². The predicted octanol–water partition coefficient (Wildman–Crippen LogP) is 0.486. The number of benzene rings is 1. The summed E-state index contributed by atoms with van der Waals surface area (Å²) < 4.78 is 10.7. The molecule has 0 radical (unpaired) electrons. The number of nitrogens with zero attached hydrogens (tertiary/aromatic N) is 1. The van der Waals surface area contributed by atoms with Crippen LogP contribution in [0.15, 0.2) is 24.3 Å². The Morgan fingerprint density at radius 1 is 1.38 bits per heavy atom. The fourth-order valence-corrected chi connectivity index (χ4v) is 2.16. The second kappa shape index (κ2) is 8.49. The van der Waals surface area contributed by atoms with Crippen LogP contribution in [0.3, 0.4) is 0 Å². The zero-order valence-electron chi connectivity index (χ0n) is 12.2. The van der Waals surface area contributed by atoms with Gasteiger partial charge >= 0.3 is 0 Å². The number of morpholine rings is 1. The zero-order chi connectivity index (χ0) is 14.9. The number of hydrogen-bond acceptors (Lipinski definition) is 5. The van der Waals surface area contributed by atoms with E-state index in [0.29, 0.717) is 18.0 Å². The van der Waals surface area contributed by atoms with Crippen molar-refractivity contribution in [2.45, 2.75) is 6.42 Å².